The third-order valence-electron chi connectivity index (χ3n) is 2.00. The first-order chi connectivity index (χ1) is 6.97. The van der Waals surface area contributed by atoms with Crippen molar-refractivity contribution in [2.45, 2.75) is 25.4 Å². The summed E-state index contributed by atoms with van der Waals surface area (Å²) in [6, 6.07) is -0.227. The number of nitrogens with zero attached hydrogens (tertiary/aromatic N) is 1. The van der Waals surface area contributed by atoms with E-state index < -0.39 is 0 Å². The number of hydrogen-bond donors (Lipinski definition) is 2. The molecule has 0 saturated heterocycles. The van der Waals surface area contributed by atoms with Gasteiger partial charge in [0.25, 0.3) is 0 Å². The first-order valence-corrected chi connectivity index (χ1v) is 6.56. The van der Waals surface area contributed by atoms with Gasteiger partial charge in [-0.1, -0.05) is 0 Å². The molecule has 0 fully saturated rings. The maximum absolute atomic E-state index is 11.6. The molecule has 0 heterocycles. The van der Waals surface area contributed by atoms with Gasteiger partial charge in [-0.3, -0.25) is 4.79 Å². The molecule has 4 nitrogen and oxygen atoms in total. The van der Waals surface area contributed by atoms with E-state index in [1.807, 2.05) is 32.2 Å². The summed E-state index contributed by atoms with van der Waals surface area (Å²) in [5, 5.41) is 2.91. The first-order valence-electron chi connectivity index (χ1n) is 5.17. The Kier molecular flexibility index (Phi) is 7.82. The molecule has 0 saturated carbocycles. The summed E-state index contributed by atoms with van der Waals surface area (Å²) in [6.45, 7) is 2.82. The molecule has 90 valence electrons. The molecule has 0 aromatic carbocycles. The fourth-order valence-corrected chi connectivity index (χ4v) is 1.81. The molecular formula is C10H23N3OS. The van der Waals surface area contributed by atoms with Crippen molar-refractivity contribution in [3.05, 3.63) is 0 Å². The van der Waals surface area contributed by atoms with Crippen LogP contribution in [0.5, 0.6) is 0 Å². The number of nitrogens with one attached hydrogen (secondary N) is 1. The van der Waals surface area contributed by atoms with Crippen molar-refractivity contribution < 1.29 is 4.79 Å². The van der Waals surface area contributed by atoms with Crippen molar-refractivity contribution in [2.75, 3.05) is 32.6 Å². The minimum atomic E-state index is -0.373. The number of carbonyl (C=O) groups is 1. The van der Waals surface area contributed by atoms with Crippen LogP contribution >= 0.6 is 11.8 Å². The van der Waals surface area contributed by atoms with Crippen LogP contribution in [0.3, 0.4) is 0 Å². The van der Waals surface area contributed by atoms with E-state index in [0.29, 0.717) is 0 Å². The van der Waals surface area contributed by atoms with E-state index in [-0.39, 0.29) is 18.0 Å². The molecule has 0 bridgehead atoms. The molecule has 0 radical (unpaired) electrons. The number of hydrogen-bond acceptors (Lipinski definition) is 4. The van der Waals surface area contributed by atoms with Crippen LogP contribution in [-0.4, -0.2) is 55.5 Å². The largest absolute Gasteiger partial charge is 0.351 e. The highest BCUT2D eigenvalue weighted by Crippen LogP contribution is 1.99. The molecule has 0 aromatic rings. The number of amides is 1. The van der Waals surface area contributed by atoms with Crippen LogP contribution in [0.25, 0.3) is 0 Å². The van der Waals surface area contributed by atoms with Crippen molar-refractivity contribution in [3.63, 3.8) is 0 Å². The summed E-state index contributed by atoms with van der Waals surface area (Å²) in [5.41, 5.74) is 5.74. The molecule has 1 amide bonds. The summed E-state index contributed by atoms with van der Waals surface area (Å²) in [7, 11) is 3.96. The fourth-order valence-electron chi connectivity index (χ4n) is 1.32. The molecule has 3 N–H and O–H groups in total. The van der Waals surface area contributed by atoms with Crippen molar-refractivity contribution in [3.8, 4) is 0 Å². The lowest BCUT2D eigenvalue weighted by molar-refractivity contribution is -0.123. The van der Waals surface area contributed by atoms with Gasteiger partial charge in [0.15, 0.2) is 0 Å². The van der Waals surface area contributed by atoms with Gasteiger partial charge < -0.3 is 16.0 Å². The van der Waals surface area contributed by atoms with Gasteiger partial charge in [-0.2, -0.15) is 11.8 Å². The average molecular weight is 233 g/mol. The lowest BCUT2D eigenvalue weighted by Crippen LogP contribution is -2.47. The number of likely N-dealkylation sites (N-methyl/N-ethyl adjacent to an activating group) is 1. The fraction of sp³-hybridized carbons (Fsp3) is 0.900. The van der Waals surface area contributed by atoms with Gasteiger partial charge in [0.1, 0.15) is 0 Å². The SMILES string of the molecule is CSCC[C@H](N)C(=O)NC(C)CN(C)C. The Labute approximate surface area is 97.0 Å². The number of rotatable bonds is 7. The Hall–Kier alpha value is -0.260. The smallest absolute Gasteiger partial charge is 0.237 e. The standard InChI is InChI=1S/C10H23N3OS/c1-8(7-13(2)3)12-10(14)9(11)5-6-15-4/h8-9H,5-7,11H2,1-4H3,(H,12,14)/t8?,9-/m0/s1. The monoisotopic (exact) mass is 233 g/mol. The van der Waals surface area contributed by atoms with Crippen LogP contribution in [0, 0.1) is 0 Å². The second-order valence-corrected chi connectivity index (χ2v) is 5.05. The average Bonchev–Trinajstić information content (AvgIpc) is 2.12. The minimum Gasteiger partial charge on any atom is -0.351 e. The zero-order valence-corrected chi connectivity index (χ0v) is 10.9. The zero-order chi connectivity index (χ0) is 11.8. The van der Waals surface area contributed by atoms with Crippen LogP contribution in [0.2, 0.25) is 0 Å². The van der Waals surface area contributed by atoms with E-state index in [4.69, 9.17) is 5.73 Å². The Balaban J connectivity index is 3.80. The quantitative estimate of drug-likeness (QED) is 0.656. The summed E-state index contributed by atoms with van der Waals surface area (Å²) in [4.78, 5) is 13.6. The van der Waals surface area contributed by atoms with Crippen molar-refractivity contribution in [1.29, 1.82) is 0 Å². The number of carbonyl (C=O) groups excluding carboxylic acids is 1. The highest BCUT2D eigenvalue weighted by molar-refractivity contribution is 7.98. The molecule has 15 heavy (non-hydrogen) atoms. The van der Waals surface area contributed by atoms with Gasteiger partial charge in [0.05, 0.1) is 6.04 Å². The summed E-state index contributed by atoms with van der Waals surface area (Å²) in [6.07, 6.45) is 2.75. The topological polar surface area (TPSA) is 58.4 Å². The predicted molar refractivity (Wildman–Crippen MR) is 67.1 cm³/mol. The minimum absolute atomic E-state index is 0.0431. The second-order valence-electron chi connectivity index (χ2n) is 4.06. The van der Waals surface area contributed by atoms with Gasteiger partial charge >= 0.3 is 0 Å². The van der Waals surface area contributed by atoms with E-state index in [2.05, 4.69) is 5.32 Å². The lowest BCUT2D eigenvalue weighted by Gasteiger charge is -2.20. The summed E-state index contributed by atoms with van der Waals surface area (Å²) >= 11 is 1.71. The van der Waals surface area contributed by atoms with Gasteiger partial charge in [-0.15, -0.1) is 0 Å². The Morgan fingerprint density at radius 2 is 2.13 bits per heavy atom. The number of thioether (sulfide) groups is 1. The zero-order valence-electron chi connectivity index (χ0n) is 10.1. The normalized spacial score (nSPS) is 15.1. The van der Waals surface area contributed by atoms with Crippen LogP contribution in [-0.2, 0) is 4.79 Å². The van der Waals surface area contributed by atoms with E-state index in [9.17, 15) is 4.79 Å². The van der Waals surface area contributed by atoms with Gasteiger partial charge in [0, 0.05) is 12.6 Å². The second kappa shape index (κ2) is 7.96. The van der Waals surface area contributed by atoms with Crippen molar-refractivity contribution in [1.82, 2.24) is 10.2 Å². The van der Waals surface area contributed by atoms with E-state index in [1.165, 1.54) is 0 Å². The van der Waals surface area contributed by atoms with E-state index in [1.54, 1.807) is 11.8 Å². The summed E-state index contributed by atoms with van der Waals surface area (Å²) in [5.74, 6) is 0.884. The molecule has 0 spiro atoms. The Bertz CT molecular complexity index is 188. The lowest BCUT2D eigenvalue weighted by atomic mass is 10.2. The predicted octanol–water partition coefficient (Wildman–Crippen LogP) is 0.133. The third kappa shape index (κ3) is 7.64. The molecule has 0 aromatic heterocycles. The van der Waals surface area contributed by atoms with Crippen LogP contribution < -0.4 is 11.1 Å². The van der Waals surface area contributed by atoms with Crippen LogP contribution in [0.15, 0.2) is 0 Å². The van der Waals surface area contributed by atoms with Gasteiger partial charge in [-0.25, -0.2) is 0 Å². The molecule has 0 aliphatic carbocycles. The van der Waals surface area contributed by atoms with Gasteiger partial charge in [-0.05, 0) is 39.4 Å². The molecule has 0 aliphatic rings. The molecule has 1 unspecified atom stereocenters. The van der Waals surface area contributed by atoms with Gasteiger partial charge in [0.2, 0.25) is 5.91 Å². The highest BCUT2D eigenvalue weighted by Gasteiger charge is 2.15. The van der Waals surface area contributed by atoms with E-state index in [0.717, 1.165) is 18.7 Å². The molecular weight excluding hydrogens is 210 g/mol. The van der Waals surface area contributed by atoms with Crippen LogP contribution in [0.1, 0.15) is 13.3 Å². The van der Waals surface area contributed by atoms with Crippen molar-refractivity contribution >= 4 is 17.7 Å². The highest BCUT2D eigenvalue weighted by atomic mass is 32.2. The molecule has 0 rings (SSSR count). The summed E-state index contributed by atoms with van der Waals surface area (Å²) < 4.78 is 0. The number of nitrogens with two attached hydrogens (primary N) is 1. The van der Waals surface area contributed by atoms with Crippen molar-refractivity contribution in [2.24, 2.45) is 5.73 Å². The van der Waals surface area contributed by atoms with Crippen LogP contribution in [0.4, 0.5) is 0 Å². The maximum Gasteiger partial charge on any atom is 0.237 e. The maximum atomic E-state index is 11.6. The van der Waals surface area contributed by atoms with E-state index >= 15 is 0 Å². The molecule has 0 aliphatic heterocycles. The third-order valence-corrected chi connectivity index (χ3v) is 2.64. The molecule has 2 atom stereocenters. The first kappa shape index (κ1) is 14.7. The molecule has 5 heteroatoms. The Morgan fingerprint density at radius 3 is 2.60 bits per heavy atom. The Morgan fingerprint density at radius 1 is 1.53 bits per heavy atom.